The molecule has 6 nitrogen and oxygen atoms in total. The Morgan fingerprint density at radius 1 is 1.06 bits per heavy atom. The summed E-state index contributed by atoms with van der Waals surface area (Å²) in [6, 6.07) is 5.52. The van der Waals surface area contributed by atoms with Gasteiger partial charge in [0, 0.05) is 25.8 Å². The van der Waals surface area contributed by atoms with E-state index in [4.69, 9.17) is 17.2 Å². The maximum absolute atomic E-state index is 13.4. The second kappa shape index (κ2) is 11.6. The molecule has 1 saturated heterocycles. The van der Waals surface area contributed by atoms with Gasteiger partial charge >= 0.3 is 0 Å². The normalized spacial score (nSPS) is 15.3. The third-order valence-corrected chi connectivity index (χ3v) is 6.80. The predicted molar refractivity (Wildman–Crippen MR) is 138 cm³/mol. The van der Waals surface area contributed by atoms with E-state index in [1.807, 2.05) is 18.2 Å². The SMILES string of the molecule is CCCCCCN1C(=O)/C(=C/c2c(N(CCC)CCC)nc3ccccn3c2=O)SC1=S. The topological polar surface area (TPSA) is 57.9 Å². The van der Waals surface area contributed by atoms with E-state index < -0.39 is 0 Å². The Hall–Kier alpha value is -2.19. The number of thioether (sulfide) groups is 1. The molecule has 0 bridgehead atoms. The summed E-state index contributed by atoms with van der Waals surface area (Å²) in [5.74, 6) is 0.524. The minimum Gasteiger partial charge on any atom is -0.356 e. The molecule has 2 aromatic rings. The van der Waals surface area contributed by atoms with Crippen LogP contribution in [0.4, 0.5) is 5.82 Å². The summed E-state index contributed by atoms with van der Waals surface area (Å²) in [6.45, 7) is 8.60. The van der Waals surface area contributed by atoms with E-state index in [0.29, 0.717) is 32.8 Å². The van der Waals surface area contributed by atoms with Crippen molar-refractivity contribution in [2.75, 3.05) is 24.5 Å². The number of nitrogens with zero attached hydrogens (tertiary/aromatic N) is 4. The number of carbonyl (C=O) groups excluding carboxylic acids is 1. The molecule has 172 valence electrons. The van der Waals surface area contributed by atoms with E-state index in [1.165, 1.54) is 16.2 Å². The molecule has 1 aliphatic heterocycles. The average molecular weight is 473 g/mol. The number of fused-ring (bicyclic) bond motifs is 1. The van der Waals surface area contributed by atoms with Crippen LogP contribution in [-0.4, -0.2) is 44.1 Å². The molecule has 8 heteroatoms. The van der Waals surface area contributed by atoms with Gasteiger partial charge in [0.25, 0.3) is 11.5 Å². The molecule has 0 N–H and O–H groups in total. The summed E-state index contributed by atoms with van der Waals surface area (Å²) in [4.78, 5) is 35.7. The molecule has 1 aliphatic rings. The van der Waals surface area contributed by atoms with E-state index in [0.717, 1.165) is 51.6 Å². The van der Waals surface area contributed by atoms with Crippen molar-refractivity contribution in [2.24, 2.45) is 0 Å². The number of anilines is 1. The highest BCUT2D eigenvalue weighted by Gasteiger charge is 2.32. The molecule has 0 aromatic carbocycles. The smallest absolute Gasteiger partial charge is 0.267 e. The summed E-state index contributed by atoms with van der Waals surface area (Å²) in [5, 5.41) is 0. The Balaban J connectivity index is 2.03. The van der Waals surface area contributed by atoms with Gasteiger partial charge in [-0.2, -0.15) is 0 Å². The first-order valence-electron chi connectivity index (χ1n) is 11.5. The van der Waals surface area contributed by atoms with Crippen LogP contribution in [-0.2, 0) is 4.79 Å². The van der Waals surface area contributed by atoms with Gasteiger partial charge in [-0.15, -0.1) is 0 Å². The Kier molecular flexibility index (Phi) is 8.87. The van der Waals surface area contributed by atoms with Crippen molar-refractivity contribution < 1.29 is 4.79 Å². The van der Waals surface area contributed by atoms with Crippen LogP contribution in [0, 0.1) is 0 Å². The predicted octanol–water partition coefficient (Wildman–Crippen LogP) is 5.10. The van der Waals surface area contributed by atoms with Crippen molar-refractivity contribution >= 4 is 51.7 Å². The lowest BCUT2D eigenvalue weighted by atomic mass is 10.2. The van der Waals surface area contributed by atoms with E-state index in [2.05, 4.69) is 25.7 Å². The molecule has 0 aliphatic carbocycles. The number of hydrogen-bond acceptors (Lipinski definition) is 6. The summed E-state index contributed by atoms with van der Waals surface area (Å²) in [5.41, 5.74) is 0.878. The van der Waals surface area contributed by atoms with Crippen molar-refractivity contribution in [1.29, 1.82) is 0 Å². The van der Waals surface area contributed by atoms with Gasteiger partial charge < -0.3 is 4.90 Å². The standard InChI is InChI=1S/C24H32N4O2S2/c1-4-7-8-10-16-28-23(30)19(32-24(28)31)17-18-21(26(13-5-2)14-6-3)25-20-12-9-11-15-27(20)22(18)29/h9,11-12,15,17H,4-8,10,13-14,16H2,1-3H3/b19-17-. The number of pyridine rings is 1. The second-order valence-electron chi connectivity index (χ2n) is 7.96. The van der Waals surface area contributed by atoms with Crippen molar-refractivity contribution in [1.82, 2.24) is 14.3 Å². The summed E-state index contributed by atoms with van der Waals surface area (Å²) in [7, 11) is 0. The number of carbonyl (C=O) groups is 1. The number of thiocarbonyl (C=S) groups is 1. The monoisotopic (exact) mass is 472 g/mol. The Morgan fingerprint density at radius 3 is 2.50 bits per heavy atom. The van der Waals surface area contributed by atoms with Gasteiger partial charge in [-0.3, -0.25) is 18.9 Å². The van der Waals surface area contributed by atoms with Crippen molar-refractivity contribution in [3.63, 3.8) is 0 Å². The quantitative estimate of drug-likeness (QED) is 0.258. The molecule has 32 heavy (non-hydrogen) atoms. The molecular formula is C24H32N4O2S2. The molecule has 3 heterocycles. The molecule has 1 fully saturated rings. The van der Waals surface area contributed by atoms with E-state index >= 15 is 0 Å². The zero-order valence-corrected chi connectivity index (χ0v) is 20.8. The van der Waals surface area contributed by atoms with Gasteiger partial charge in [0.15, 0.2) is 0 Å². The van der Waals surface area contributed by atoms with E-state index in [1.54, 1.807) is 17.2 Å². The highest BCUT2D eigenvalue weighted by molar-refractivity contribution is 8.26. The minimum absolute atomic E-state index is 0.113. The van der Waals surface area contributed by atoms with Gasteiger partial charge in [-0.25, -0.2) is 4.98 Å². The minimum atomic E-state index is -0.170. The average Bonchev–Trinajstić information content (AvgIpc) is 3.05. The van der Waals surface area contributed by atoms with Crippen LogP contribution in [0.5, 0.6) is 0 Å². The second-order valence-corrected chi connectivity index (χ2v) is 9.64. The number of unbranched alkanes of at least 4 members (excludes halogenated alkanes) is 3. The van der Waals surface area contributed by atoms with E-state index in [-0.39, 0.29) is 11.5 Å². The van der Waals surface area contributed by atoms with Crippen LogP contribution < -0.4 is 10.5 Å². The van der Waals surface area contributed by atoms with Gasteiger partial charge in [-0.05, 0) is 37.5 Å². The molecule has 0 saturated carbocycles. The Labute approximate surface area is 199 Å². The van der Waals surface area contributed by atoms with Gasteiger partial charge in [0.1, 0.15) is 15.8 Å². The maximum atomic E-state index is 13.4. The molecule has 0 atom stereocenters. The first-order chi connectivity index (χ1) is 15.5. The Bertz CT molecular complexity index is 1060. The van der Waals surface area contributed by atoms with Crippen molar-refractivity contribution in [3.05, 3.63) is 45.2 Å². The van der Waals surface area contributed by atoms with Crippen molar-refractivity contribution in [2.45, 2.75) is 59.3 Å². The van der Waals surface area contributed by atoms with Crippen molar-refractivity contribution in [3.8, 4) is 0 Å². The highest BCUT2D eigenvalue weighted by Crippen LogP contribution is 2.33. The van der Waals surface area contributed by atoms with Crippen LogP contribution >= 0.6 is 24.0 Å². The molecule has 0 radical (unpaired) electrons. The summed E-state index contributed by atoms with van der Waals surface area (Å²) in [6.07, 6.45) is 9.60. The molecular weight excluding hydrogens is 440 g/mol. The van der Waals surface area contributed by atoms with E-state index in [9.17, 15) is 9.59 Å². The molecule has 1 amide bonds. The van der Waals surface area contributed by atoms with Gasteiger partial charge in [0.05, 0.1) is 10.5 Å². The van der Waals surface area contributed by atoms with Crippen LogP contribution in [0.1, 0.15) is 64.9 Å². The lowest BCUT2D eigenvalue weighted by Gasteiger charge is -2.24. The summed E-state index contributed by atoms with van der Waals surface area (Å²) < 4.78 is 2.10. The summed E-state index contributed by atoms with van der Waals surface area (Å²) >= 11 is 6.76. The zero-order valence-electron chi connectivity index (χ0n) is 19.2. The molecule has 0 spiro atoms. The first-order valence-corrected chi connectivity index (χ1v) is 12.8. The first kappa shape index (κ1) is 24.5. The van der Waals surface area contributed by atoms with Crippen LogP contribution in [0.15, 0.2) is 34.1 Å². The maximum Gasteiger partial charge on any atom is 0.267 e. The fourth-order valence-electron chi connectivity index (χ4n) is 3.84. The number of rotatable bonds is 11. The van der Waals surface area contributed by atoms with Crippen LogP contribution in [0.3, 0.4) is 0 Å². The number of hydrogen-bond donors (Lipinski definition) is 0. The Morgan fingerprint density at radius 2 is 1.81 bits per heavy atom. The van der Waals surface area contributed by atoms with Gasteiger partial charge in [-0.1, -0.05) is 70.1 Å². The van der Waals surface area contributed by atoms with Crippen LogP contribution in [0.2, 0.25) is 0 Å². The highest BCUT2D eigenvalue weighted by atomic mass is 32.2. The lowest BCUT2D eigenvalue weighted by Crippen LogP contribution is -2.31. The third-order valence-electron chi connectivity index (χ3n) is 5.42. The van der Waals surface area contributed by atoms with Gasteiger partial charge in [0.2, 0.25) is 0 Å². The molecule has 3 rings (SSSR count). The fraction of sp³-hybridized carbons (Fsp3) is 0.500. The fourth-order valence-corrected chi connectivity index (χ4v) is 5.13. The largest absolute Gasteiger partial charge is 0.356 e. The number of aromatic nitrogens is 2. The number of amides is 1. The third kappa shape index (κ3) is 5.41. The lowest BCUT2D eigenvalue weighted by molar-refractivity contribution is -0.122. The molecule has 2 aromatic heterocycles. The zero-order chi connectivity index (χ0) is 23.1. The molecule has 0 unspecified atom stereocenters. The van der Waals surface area contributed by atoms with Crippen LogP contribution in [0.25, 0.3) is 11.7 Å².